The minimum Gasteiger partial charge on any atom is -0.478 e. The molecule has 4 amide bonds. The number of pyridine rings is 1. The molecule has 4 fully saturated rings. The summed E-state index contributed by atoms with van der Waals surface area (Å²) in [5.74, 6) is -2.65. The zero-order valence-electron chi connectivity index (χ0n) is 36.5. The van der Waals surface area contributed by atoms with Crippen molar-refractivity contribution in [2.75, 3.05) is 50.1 Å². The first kappa shape index (κ1) is 44.5. The molecule has 4 aromatic rings. The molecule has 1 saturated carbocycles. The van der Waals surface area contributed by atoms with Crippen LogP contribution in [0.1, 0.15) is 98.7 Å². The van der Waals surface area contributed by atoms with E-state index in [1.54, 1.807) is 16.8 Å². The van der Waals surface area contributed by atoms with Crippen molar-refractivity contribution in [3.8, 4) is 5.75 Å². The quantitative estimate of drug-likeness (QED) is 0.156. The Balaban J connectivity index is 0.754. The van der Waals surface area contributed by atoms with E-state index in [9.17, 15) is 24.0 Å². The number of likely N-dealkylation sites (tertiary alicyclic amines) is 1. The second-order valence-electron chi connectivity index (χ2n) is 17.9. The van der Waals surface area contributed by atoms with Gasteiger partial charge in [0.15, 0.2) is 18.2 Å². The lowest BCUT2D eigenvalue weighted by Gasteiger charge is -2.47. The number of rotatable bonds is 12. The number of aromatic nitrogens is 3. The van der Waals surface area contributed by atoms with Crippen molar-refractivity contribution in [1.29, 1.82) is 0 Å². The fourth-order valence-corrected chi connectivity index (χ4v) is 10.1. The van der Waals surface area contributed by atoms with Crippen molar-refractivity contribution in [2.45, 2.75) is 108 Å². The van der Waals surface area contributed by atoms with Gasteiger partial charge in [0.25, 0.3) is 17.4 Å². The molecule has 1 unspecified atom stereocenters. The molecule has 0 bridgehead atoms. The minimum atomic E-state index is -0.896. The number of amides is 4. The largest absolute Gasteiger partial charge is 0.478 e. The first-order valence-corrected chi connectivity index (χ1v) is 22.8. The third-order valence-corrected chi connectivity index (χ3v) is 13.8. The van der Waals surface area contributed by atoms with Crippen LogP contribution in [0.5, 0.6) is 5.75 Å². The summed E-state index contributed by atoms with van der Waals surface area (Å²) in [4.78, 5) is 77.4. The van der Waals surface area contributed by atoms with E-state index in [1.165, 1.54) is 11.9 Å². The molecule has 9 rings (SSSR count). The normalized spacial score (nSPS) is 22.0. The average molecular weight is 916 g/mol. The zero-order chi connectivity index (χ0) is 45.7. The van der Waals surface area contributed by atoms with Crippen molar-refractivity contribution in [3.05, 3.63) is 80.2 Å². The Hall–Kier alpha value is -5.72. The Morgan fingerprint density at radius 1 is 0.985 bits per heavy atom. The highest BCUT2D eigenvalue weighted by molar-refractivity contribution is 6.33. The summed E-state index contributed by atoms with van der Waals surface area (Å²) < 4.78 is 45.3. The first-order valence-electron chi connectivity index (χ1n) is 22.4. The second kappa shape index (κ2) is 18.3. The summed E-state index contributed by atoms with van der Waals surface area (Å²) >= 11 is 6.58. The number of anilines is 3. The summed E-state index contributed by atoms with van der Waals surface area (Å²) in [6.07, 6.45) is 6.64. The average Bonchev–Trinajstić information content (AvgIpc) is 3.60. The Bertz CT molecular complexity index is 2610. The van der Waals surface area contributed by atoms with Gasteiger partial charge in [0, 0.05) is 60.8 Å². The van der Waals surface area contributed by atoms with Gasteiger partial charge in [-0.15, -0.1) is 0 Å². The van der Waals surface area contributed by atoms with Gasteiger partial charge in [-0.2, -0.15) is 4.98 Å². The number of likely N-dealkylation sites (N-methyl/N-ethyl adjacent to an activating group) is 1. The smallest absolute Gasteiger partial charge is 0.293 e. The third-order valence-electron chi connectivity index (χ3n) is 13.5. The molecule has 3 N–H and O–H groups in total. The molecule has 19 heteroatoms. The number of carbonyl (C=O) groups excluding carboxylic acids is 4. The molecular weight excluding hydrogens is 864 g/mol. The van der Waals surface area contributed by atoms with Gasteiger partial charge < -0.3 is 39.4 Å². The highest BCUT2D eigenvalue weighted by Crippen LogP contribution is 2.41. The standard InChI is InChI=1S/C46H52ClF2N9O7/c1-24(2)58-35-5-4-27(16-26(35)17-37(45(58)63)64-23-39(60)50-3)52-42-33(47)21-51-46(54-42)56-14-10-29(11-15-56)65-30-18-28(19-30)55-12-8-25(9-13-55)40-34(48)20-31-32(41(40)49)22-57(44(31)62)36-6-7-38(59)53-43(36)61/h4-5,16-17,20-21,24-25,28-30,36H,6-15,18-19,22-23H2,1-3H3,(H,50,60)(H,51,52,54)(H,53,59,61). The highest BCUT2D eigenvalue weighted by Gasteiger charge is 2.43. The van der Waals surface area contributed by atoms with Crippen LogP contribution >= 0.6 is 11.6 Å². The van der Waals surface area contributed by atoms with Crippen LogP contribution in [-0.2, 0) is 25.7 Å². The minimum absolute atomic E-state index is 0.0194. The van der Waals surface area contributed by atoms with Gasteiger partial charge in [0.1, 0.15) is 22.7 Å². The Kier molecular flexibility index (Phi) is 12.5. The van der Waals surface area contributed by atoms with Gasteiger partial charge in [-0.25, -0.2) is 13.8 Å². The second-order valence-corrected chi connectivity index (χ2v) is 18.3. The number of carbonyl (C=O) groups is 4. The molecule has 2 aromatic carbocycles. The van der Waals surface area contributed by atoms with Gasteiger partial charge in [-0.1, -0.05) is 11.6 Å². The number of benzene rings is 2. The predicted molar refractivity (Wildman–Crippen MR) is 238 cm³/mol. The number of nitrogens with one attached hydrogen (secondary N) is 3. The number of hydrogen-bond donors (Lipinski definition) is 3. The third kappa shape index (κ3) is 8.87. The molecule has 0 spiro atoms. The van der Waals surface area contributed by atoms with E-state index < -0.39 is 35.4 Å². The van der Waals surface area contributed by atoms with Crippen LogP contribution < -0.4 is 31.1 Å². The summed E-state index contributed by atoms with van der Waals surface area (Å²) in [6.45, 7) is 6.22. The maximum absolute atomic E-state index is 16.0. The molecule has 6 heterocycles. The number of ether oxygens (including phenoxy) is 2. The summed E-state index contributed by atoms with van der Waals surface area (Å²) in [5.41, 5.74) is 1.16. The molecule has 1 aliphatic carbocycles. The maximum atomic E-state index is 16.0. The van der Waals surface area contributed by atoms with Crippen LogP contribution in [0, 0.1) is 11.6 Å². The van der Waals surface area contributed by atoms with Crippen LogP contribution in [0.4, 0.5) is 26.2 Å². The molecule has 3 saturated heterocycles. The van der Waals surface area contributed by atoms with E-state index in [-0.39, 0.29) is 84.1 Å². The van der Waals surface area contributed by atoms with Crippen molar-refractivity contribution in [1.82, 2.24) is 35.0 Å². The van der Waals surface area contributed by atoms with Crippen LogP contribution in [0.15, 0.2) is 41.3 Å². The van der Waals surface area contributed by atoms with E-state index in [4.69, 9.17) is 26.1 Å². The van der Waals surface area contributed by atoms with E-state index in [1.807, 2.05) is 32.0 Å². The Labute approximate surface area is 379 Å². The lowest BCUT2D eigenvalue weighted by molar-refractivity contribution is -0.137. The predicted octanol–water partition coefficient (Wildman–Crippen LogP) is 5.33. The molecule has 0 radical (unpaired) electrons. The van der Waals surface area contributed by atoms with Crippen molar-refractivity contribution >= 4 is 63.6 Å². The monoisotopic (exact) mass is 915 g/mol. The number of fused-ring (bicyclic) bond motifs is 2. The Morgan fingerprint density at radius 3 is 2.45 bits per heavy atom. The fourth-order valence-electron chi connectivity index (χ4n) is 9.95. The molecule has 344 valence electrons. The summed E-state index contributed by atoms with van der Waals surface area (Å²) in [6, 6.07) is 7.62. The topological polar surface area (TPSA) is 180 Å². The molecular formula is C46H52ClF2N9O7. The highest BCUT2D eigenvalue weighted by atomic mass is 35.5. The van der Waals surface area contributed by atoms with Gasteiger partial charge in [0.05, 0.1) is 36.0 Å². The van der Waals surface area contributed by atoms with Crippen LogP contribution in [0.25, 0.3) is 10.9 Å². The van der Waals surface area contributed by atoms with Crippen molar-refractivity contribution < 1.29 is 37.4 Å². The van der Waals surface area contributed by atoms with Gasteiger partial charge in [-0.3, -0.25) is 29.3 Å². The summed E-state index contributed by atoms with van der Waals surface area (Å²) in [5, 5.41) is 9.12. The first-order chi connectivity index (χ1) is 31.3. The number of halogens is 3. The molecule has 4 aliphatic heterocycles. The van der Waals surface area contributed by atoms with Gasteiger partial charge >= 0.3 is 0 Å². The van der Waals surface area contributed by atoms with E-state index in [0.29, 0.717) is 73.1 Å². The SMILES string of the molecule is CNC(=O)COc1cc2cc(Nc3nc(N4CCC(OC5CC(N6CCC(c7c(F)cc8c(c7F)CN(C7CCC(=O)NC7=O)C8=O)CC6)C5)CC4)ncc3Cl)ccc2n(C(C)C)c1=O. The zero-order valence-corrected chi connectivity index (χ0v) is 37.3. The van der Waals surface area contributed by atoms with E-state index in [0.717, 1.165) is 37.1 Å². The molecule has 16 nitrogen and oxygen atoms in total. The molecule has 5 aliphatic rings. The van der Waals surface area contributed by atoms with E-state index in [2.05, 4.69) is 30.7 Å². The fraction of sp³-hybridized carbons (Fsp3) is 0.500. The lowest BCUT2D eigenvalue weighted by Crippen LogP contribution is -2.52. The number of hydrogen-bond acceptors (Lipinski definition) is 12. The molecule has 1 atom stereocenters. The maximum Gasteiger partial charge on any atom is 0.293 e. The Morgan fingerprint density at radius 2 is 1.74 bits per heavy atom. The molecule has 65 heavy (non-hydrogen) atoms. The van der Waals surface area contributed by atoms with Crippen LogP contribution in [-0.4, -0.2) is 112 Å². The number of imide groups is 1. The lowest BCUT2D eigenvalue weighted by atomic mass is 9.82. The van der Waals surface area contributed by atoms with Crippen molar-refractivity contribution in [2.24, 2.45) is 0 Å². The van der Waals surface area contributed by atoms with Gasteiger partial charge in [-0.05, 0) is 108 Å². The van der Waals surface area contributed by atoms with Gasteiger partial charge in [0.2, 0.25) is 17.8 Å². The summed E-state index contributed by atoms with van der Waals surface area (Å²) in [7, 11) is 1.50. The molecule has 2 aromatic heterocycles. The van der Waals surface area contributed by atoms with Crippen LogP contribution in [0.3, 0.4) is 0 Å². The van der Waals surface area contributed by atoms with E-state index >= 15 is 8.78 Å². The van der Waals surface area contributed by atoms with Crippen LogP contribution in [0.2, 0.25) is 5.02 Å². The number of piperidine rings is 3. The number of nitrogens with zero attached hydrogens (tertiary/aromatic N) is 6. The van der Waals surface area contributed by atoms with Crippen molar-refractivity contribution in [3.63, 3.8) is 0 Å².